The molecule has 0 radical (unpaired) electrons. The molecule has 0 aliphatic heterocycles. The molecule has 1 unspecified atom stereocenters. The number of aliphatic hydroxyl groups is 3. The Morgan fingerprint density at radius 1 is 1.33 bits per heavy atom. The summed E-state index contributed by atoms with van der Waals surface area (Å²) >= 11 is 0. The summed E-state index contributed by atoms with van der Waals surface area (Å²) in [7, 11) is 0. The van der Waals surface area contributed by atoms with E-state index in [0.29, 0.717) is 6.42 Å². The summed E-state index contributed by atoms with van der Waals surface area (Å²) in [6, 6.07) is 0. The van der Waals surface area contributed by atoms with Crippen LogP contribution in [0.2, 0.25) is 0 Å². The van der Waals surface area contributed by atoms with Crippen LogP contribution in [0.4, 0.5) is 0 Å². The van der Waals surface area contributed by atoms with Crippen molar-refractivity contribution in [3.05, 3.63) is 24.3 Å². The van der Waals surface area contributed by atoms with Crippen molar-refractivity contribution in [1.29, 1.82) is 0 Å². The zero-order valence-electron chi connectivity index (χ0n) is 10.7. The Bertz CT molecular complexity index is 322. The molecule has 0 aromatic rings. The molecule has 0 aromatic carbocycles. The summed E-state index contributed by atoms with van der Waals surface area (Å²) < 4.78 is 0. The minimum atomic E-state index is -1.36. The predicted molar refractivity (Wildman–Crippen MR) is 68.9 cm³/mol. The van der Waals surface area contributed by atoms with Gasteiger partial charge >= 0.3 is 0 Å². The molecule has 4 heteroatoms. The van der Waals surface area contributed by atoms with Gasteiger partial charge < -0.3 is 15.3 Å². The number of rotatable bonds is 5. The Morgan fingerprint density at radius 2 is 2.06 bits per heavy atom. The van der Waals surface area contributed by atoms with Gasteiger partial charge in [0.25, 0.3) is 0 Å². The standard InChI is InChI=1S/C14H22O4/c1-2-3-4-5-6-7-10-8-12(16)14(18)13(17)11(10)9-15/h4-7,10-12,14-16,18H,2-3,8-9H2,1H3/t10?,11-,12+,14+/m0/s1. The van der Waals surface area contributed by atoms with Crippen molar-refractivity contribution in [3.8, 4) is 0 Å². The third-order valence-corrected chi connectivity index (χ3v) is 3.31. The first kappa shape index (κ1) is 15.1. The third-order valence-electron chi connectivity index (χ3n) is 3.31. The number of hydrogen-bond donors (Lipinski definition) is 3. The lowest BCUT2D eigenvalue weighted by atomic mass is 9.75. The summed E-state index contributed by atoms with van der Waals surface area (Å²) in [6.45, 7) is 1.80. The molecule has 1 saturated carbocycles. The minimum absolute atomic E-state index is 0.216. The molecule has 1 fully saturated rings. The lowest BCUT2D eigenvalue weighted by Crippen LogP contribution is -2.48. The molecule has 0 amide bonds. The first-order valence-corrected chi connectivity index (χ1v) is 6.45. The molecule has 0 aromatic heterocycles. The van der Waals surface area contributed by atoms with Crippen molar-refractivity contribution in [1.82, 2.24) is 0 Å². The molecule has 0 heterocycles. The van der Waals surface area contributed by atoms with Crippen molar-refractivity contribution in [2.45, 2.75) is 38.4 Å². The molecule has 18 heavy (non-hydrogen) atoms. The second-order valence-corrected chi connectivity index (χ2v) is 4.70. The highest BCUT2D eigenvalue weighted by molar-refractivity contribution is 5.87. The highest BCUT2D eigenvalue weighted by atomic mass is 16.3. The van der Waals surface area contributed by atoms with Gasteiger partial charge in [-0.05, 0) is 18.8 Å². The quantitative estimate of drug-likeness (QED) is 0.635. The molecule has 102 valence electrons. The summed E-state index contributed by atoms with van der Waals surface area (Å²) in [4.78, 5) is 11.7. The van der Waals surface area contributed by atoms with Gasteiger partial charge in [-0.2, -0.15) is 0 Å². The summed E-state index contributed by atoms with van der Waals surface area (Å²) in [5.74, 6) is -1.30. The summed E-state index contributed by atoms with van der Waals surface area (Å²) in [5.41, 5.74) is 0. The van der Waals surface area contributed by atoms with Crippen LogP contribution in [-0.4, -0.2) is 39.9 Å². The van der Waals surface area contributed by atoms with E-state index in [9.17, 15) is 20.1 Å². The molecule has 4 nitrogen and oxygen atoms in total. The molecule has 0 spiro atoms. The molecule has 1 aliphatic carbocycles. The number of carbonyl (C=O) groups excluding carboxylic acids is 1. The smallest absolute Gasteiger partial charge is 0.169 e. The van der Waals surface area contributed by atoms with Crippen LogP contribution in [0.5, 0.6) is 0 Å². The predicted octanol–water partition coefficient (Wildman–Crippen LogP) is 0.818. The van der Waals surface area contributed by atoms with Crippen LogP contribution in [0.1, 0.15) is 26.2 Å². The fraction of sp³-hybridized carbons (Fsp3) is 0.643. The van der Waals surface area contributed by atoms with Crippen LogP contribution >= 0.6 is 0 Å². The molecule has 0 saturated heterocycles. The van der Waals surface area contributed by atoms with Crippen LogP contribution < -0.4 is 0 Å². The van der Waals surface area contributed by atoms with E-state index in [1.807, 2.05) is 24.3 Å². The highest BCUT2D eigenvalue weighted by Gasteiger charge is 2.40. The maximum Gasteiger partial charge on any atom is 0.169 e. The normalized spacial score (nSPS) is 33.7. The van der Waals surface area contributed by atoms with E-state index >= 15 is 0 Å². The number of allylic oxidation sites excluding steroid dienone is 4. The number of unbranched alkanes of at least 4 members (excludes halogenated alkanes) is 1. The molecular formula is C14H22O4. The van der Waals surface area contributed by atoms with Crippen molar-refractivity contribution in [3.63, 3.8) is 0 Å². The average molecular weight is 254 g/mol. The summed E-state index contributed by atoms with van der Waals surface area (Å²) in [5, 5.41) is 28.2. The second kappa shape index (κ2) is 7.46. The van der Waals surface area contributed by atoms with Crippen LogP contribution in [0.3, 0.4) is 0 Å². The van der Waals surface area contributed by atoms with Crippen LogP contribution in [0.25, 0.3) is 0 Å². The minimum Gasteiger partial charge on any atom is -0.396 e. The Kier molecular flexibility index (Phi) is 6.25. The van der Waals surface area contributed by atoms with E-state index in [-0.39, 0.29) is 12.5 Å². The second-order valence-electron chi connectivity index (χ2n) is 4.70. The van der Waals surface area contributed by atoms with E-state index in [0.717, 1.165) is 12.8 Å². The van der Waals surface area contributed by atoms with Crippen molar-refractivity contribution in [2.75, 3.05) is 6.61 Å². The zero-order valence-corrected chi connectivity index (χ0v) is 10.7. The van der Waals surface area contributed by atoms with Crippen LogP contribution in [0, 0.1) is 11.8 Å². The largest absolute Gasteiger partial charge is 0.396 e. The van der Waals surface area contributed by atoms with Gasteiger partial charge in [0, 0.05) is 5.92 Å². The average Bonchev–Trinajstić information content (AvgIpc) is 2.36. The molecule has 4 atom stereocenters. The number of hydrogen-bond acceptors (Lipinski definition) is 4. The first-order valence-electron chi connectivity index (χ1n) is 6.45. The van der Waals surface area contributed by atoms with Gasteiger partial charge in [-0.25, -0.2) is 0 Å². The topological polar surface area (TPSA) is 77.8 Å². The molecular weight excluding hydrogens is 232 g/mol. The van der Waals surface area contributed by atoms with Crippen molar-refractivity contribution in [2.24, 2.45) is 11.8 Å². The van der Waals surface area contributed by atoms with Crippen molar-refractivity contribution >= 4 is 5.78 Å². The fourth-order valence-corrected chi connectivity index (χ4v) is 2.18. The Hall–Kier alpha value is -0.970. The lowest BCUT2D eigenvalue weighted by molar-refractivity contribution is -0.146. The van der Waals surface area contributed by atoms with Gasteiger partial charge in [-0.15, -0.1) is 0 Å². The third kappa shape index (κ3) is 3.77. The number of carbonyl (C=O) groups is 1. The number of Topliss-reactive ketones (excluding diaryl/α,β-unsaturated/α-hetero) is 1. The van der Waals surface area contributed by atoms with E-state index in [1.165, 1.54) is 0 Å². The van der Waals surface area contributed by atoms with Crippen LogP contribution in [-0.2, 0) is 4.79 Å². The Morgan fingerprint density at radius 3 is 2.67 bits per heavy atom. The van der Waals surface area contributed by atoms with Gasteiger partial charge in [-0.1, -0.05) is 37.6 Å². The van der Waals surface area contributed by atoms with Crippen molar-refractivity contribution < 1.29 is 20.1 Å². The van der Waals surface area contributed by atoms with E-state index in [1.54, 1.807) is 0 Å². The van der Waals surface area contributed by atoms with E-state index < -0.39 is 23.9 Å². The SMILES string of the molecule is CCCC=CC=CC1C[C@@H](O)[C@@H](O)C(=O)[C@H]1CO. The lowest BCUT2D eigenvalue weighted by Gasteiger charge is -2.33. The zero-order chi connectivity index (χ0) is 13.5. The Balaban J connectivity index is 2.65. The number of ketones is 1. The maximum atomic E-state index is 11.7. The van der Waals surface area contributed by atoms with Gasteiger partial charge in [0.1, 0.15) is 6.10 Å². The summed E-state index contributed by atoms with van der Waals surface area (Å²) in [6.07, 6.45) is 7.57. The monoisotopic (exact) mass is 254 g/mol. The van der Waals surface area contributed by atoms with Gasteiger partial charge in [0.05, 0.1) is 12.7 Å². The van der Waals surface area contributed by atoms with Gasteiger partial charge in [0.15, 0.2) is 5.78 Å². The van der Waals surface area contributed by atoms with E-state index in [2.05, 4.69) is 6.92 Å². The molecule has 0 bridgehead atoms. The van der Waals surface area contributed by atoms with Gasteiger partial charge in [-0.3, -0.25) is 4.79 Å². The first-order chi connectivity index (χ1) is 8.61. The molecule has 1 aliphatic rings. The maximum absolute atomic E-state index is 11.7. The van der Waals surface area contributed by atoms with Gasteiger partial charge in [0.2, 0.25) is 0 Å². The number of aliphatic hydroxyl groups excluding tert-OH is 3. The molecule has 3 N–H and O–H groups in total. The Labute approximate surface area is 108 Å². The van der Waals surface area contributed by atoms with E-state index in [4.69, 9.17) is 0 Å². The molecule has 1 rings (SSSR count). The fourth-order valence-electron chi connectivity index (χ4n) is 2.18. The highest BCUT2D eigenvalue weighted by Crippen LogP contribution is 2.28. The van der Waals surface area contributed by atoms with Crippen LogP contribution in [0.15, 0.2) is 24.3 Å².